The van der Waals surface area contributed by atoms with Crippen molar-refractivity contribution in [2.45, 2.75) is 56.5 Å². The summed E-state index contributed by atoms with van der Waals surface area (Å²) in [5, 5.41) is 34.2. The van der Waals surface area contributed by atoms with Crippen LogP contribution in [0.2, 0.25) is 0 Å². The van der Waals surface area contributed by atoms with E-state index in [2.05, 4.69) is 5.32 Å². The smallest absolute Gasteiger partial charge is 0.217 e. The summed E-state index contributed by atoms with van der Waals surface area (Å²) in [6, 6.07) is -0.876. The molecule has 0 aromatic rings. The highest BCUT2D eigenvalue weighted by molar-refractivity contribution is 5.73. The van der Waals surface area contributed by atoms with Crippen molar-refractivity contribution in [3.63, 3.8) is 0 Å². The molecule has 1 unspecified atom stereocenters. The zero-order valence-electron chi connectivity index (χ0n) is 10.5. The number of aliphatic hydroxyl groups excluding tert-OH is 2. The van der Waals surface area contributed by atoms with Crippen molar-refractivity contribution in [3.8, 4) is 0 Å². The summed E-state index contributed by atoms with van der Waals surface area (Å²) in [6.45, 7) is 3.94. The van der Waals surface area contributed by atoms with Gasteiger partial charge in [-0.1, -0.05) is 0 Å². The van der Waals surface area contributed by atoms with Gasteiger partial charge in [-0.15, -0.1) is 0 Å². The molecule has 18 heavy (non-hydrogen) atoms. The number of carbonyl (C=O) groups excluding carboxylic acids is 1. The van der Waals surface area contributed by atoms with Crippen LogP contribution in [0.3, 0.4) is 0 Å². The number of amides is 1. The van der Waals surface area contributed by atoms with Crippen molar-refractivity contribution >= 4 is 5.91 Å². The lowest BCUT2D eigenvalue weighted by atomic mass is 9.76. The van der Waals surface area contributed by atoms with Gasteiger partial charge in [-0.2, -0.15) is 0 Å². The minimum atomic E-state index is -1.88. The van der Waals surface area contributed by atoms with Gasteiger partial charge in [0.1, 0.15) is 12.2 Å². The fourth-order valence-corrected chi connectivity index (χ4v) is 2.53. The molecule has 2 rings (SSSR count). The first kappa shape index (κ1) is 13.7. The molecule has 2 aliphatic rings. The van der Waals surface area contributed by atoms with E-state index in [4.69, 9.17) is 14.6 Å². The van der Waals surface area contributed by atoms with Crippen LogP contribution in [0.4, 0.5) is 0 Å². The fraction of sp³-hybridized carbons (Fsp3) is 0.909. The predicted octanol–water partition coefficient (Wildman–Crippen LogP) is -2.52. The molecule has 7 heteroatoms. The number of hydrogen-bond acceptors (Lipinski definition) is 6. The van der Waals surface area contributed by atoms with E-state index >= 15 is 0 Å². The van der Waals surface area contributed by atoms with Gasteiger partial charge in [-0.05, 0) is 13.8 Å². The van der Waals surface area contributed by atoms with Gasteiger partial charge in [-0.25, -0.2) is 0 Å². The molecule has 0 aromatic heterocycles. The van der Waals surface area contributed by atoms with Crippen molar-refractivity contribution in [1.29, 1.82) is 0 Å². The Balaban J connectivity index is 2.26. The Morgan fingerprint density at radius 3 is 2.50 bits per heavy atom. The fourth-order valence-electron chi connectivity index (χ4n) is 2.53. The summed E-state index contributed by atoms with van der Waals surface area (Å²) in [5.41, 5.74) is -1.07. The third-order valence-corrected chi connectivity index (χ3v) is 3.59. The van der Waals surface area contributed by atoms with E-state index in [1.54, 1.807) is 13.8 Å². The first-order chi connectivity index (χ1) is 8.23. The molecule has 2 fully saturated rings. The van der Waals surface area contributed by atoms with E-state index in [1.807, 2.05) is 0 Å². The second-order valence-electron chi connectivity index (χ2n) is 5.27. The number of fused-ring (bicyclic) bond motifs is 1. The number of rotatable bonds is 2. The summed E-state index contributed by atoms with van der Waals surface area (Å²) in [7, 11) is 0. The van der Waals surface area contributed by atoms with Crippen LogP contribution in [0.25, 0.3) is 0 Å². The second-order valence-corrected chi connectivity index (χ2v) is 5.27. The van der Waals surface area contributed by atoms with E-state index in [0.717, 1.165) is 0 Å². The average molecular weight is 260 g/mol. The average Bonchev–Trinajstić information content (AvgIpc) is 2.27. The van der Waals surface area contributed by atoms with E-state index in [0.29, 0.717) is 0 Å². The lowest BCUT2D eigenvalue weighted by Crippen LogP contribution is -2.88. The molecule has 3 N–H and O–H groups in total. The lowest BCUT2D eigenvalue weighted by molar-refractivity contribution is -0.670. The standard InChI is InChI=1S/C11H18NO6/c1-5(14)12-7-8(15)6(4-13)17-11(16)9(7)18-10(11,2)3/h6-9,13,15H,4H2,1-3H3,(H,12,14)/q-1/t6-,7-,8-,9-,11?/m1/s1. The Morgan fingerprint density at radius 2 is 2.06 bits per heavy atom. The summed E-state index contributed by atoms with van der Waals surface area (Å²) in [6.07, 6.45) is -3.17. The quantitative estimate of drug-likeness (QED) is 0.505. The van der Waals surface area contributed by atoms with Gasteiger partial charge in [0.05, 0.1) is 30.1 Å². The Kier molecular flexibility index (Phi) is 3.15. The molecule has 2 heterocycles. The minimum absolute atomic E-state index is 0.381. The molecular weight excluding hydrogens is 242 g/mol. The minimum Gasteiger partial charge on any atom is -0.824 e. The van der Waals surface area contributed by atoms with Crippen molar-refractivity contribution in [2.75, 3.05) is 6.61 Å². The number of hydrogen-bond donors (Lipinski definition) is 3. The van der Waals surface area contributed by atoms with Gasteiger partial charge in [0.25, 0.3) is 0 Å². The van der Waals surface area contributed by atoms with Gasteiger partial charge in [-0.3, -0.25) is 4.79 Å². The van der Waals surface area contributed by atoms with E-state index < -0.39 is 42.3 Å². The molecule has 0 aliphatic carbocycles. The summed E-state index contributed by atoms with van der Waals surface area (Å²) >= 11 is 0. The van der Waals surface area contributed by atoms with Gasteiger partial charge in [0, 0.05) is 6.92 Å². The Hall–Kier alpha value is -0.730. The molecule has 0 bridgehead atoms. The zero-order chi connectivity index (χ0) is 13.7. The normalized spacial score (nSPS) is 45.9. The molecule has 2 aliphatic heterocycles. The maximum atomic E-state index is 12.6. The molecule has 0 radical (unpaired) electrons. The highest BCUT2D eigenvalue weighted by atomic mass is 16.7. The van der Waals surface area contributed by atoms with Crippen LogP contribution < -0.4 is 10.4 Å². The van der Waals surface area contributed by atoms with Gasteiger partial charge in [0.15, 0.2) is 0 Å². The number of nitrogens with one attached hydrogen (secondary N) is 1. The van der Waals surface area contributed by atoms with Crippen LogP contribution >= 0.6 is 0 Å². The van der Waals surface area contributed by atoms with Crippen molar-refractivity contribution in [3.05, 3.63) is 0 Å². The third-order valence-electron chi connectivity index (χ3n) is 3.59. The highest BCUT2D eigenvalue weighted by Gasteiger charge is 2.64. The largest absolute Gasteiger partial charge is 0.824 e. The molecule has 104 valence electrons. The molecule has 1 amide bonds. The SMILES string of the molecule is CC(=O)N[C@@H]1[C@H](O)[C@@H](CO)OC2([O-])[C@@H]1OC2(C)C. The molecule has 5 atom stereocenters. The molecule has 7 nitrogen and oxygen atoms in total. The number of aliphatic hydroxyl groups is 2. The van der Waals surface area contributed by atoms with Gasteiger partial charge in [0.2, 0.25) is 5.91 Å². The van der Waals surface area contributed by atoms with E-state index in [-0.39, 0.29) is 5.91 Å². The monoisotopic (exact) mass is 260 g/mol. The van der Waals surface area contributed by atoms with Crippen LogP contribution in [0.1, 0.15) is 20.8 Å². The molecular formula is C11H18NO6-. The summed E-state index contributed by atoms with van der Waals surface area (Å²) in [4.78, 5) is 11.1. The second kappa shape index (κ2) is 4.14. The van der Waals surface area contributed by atoms with Crippen LogP contribution in [0.15, 0.2) is 0 Å². The predicted molar refractivity (Wildman–Crippen MR) is 57.3 cm³/mol. The lowest BCUT2D eigenvalue weighted by Gasteiger charge is -2.71. The van der Waals surface area contributed by atoms with Gasteiger partial charge >= 0.3 is 0 Å². The molecule has 0 spiro atoms. The highest BCUT2D eigenvalue weighted by Crippen LogP contribution is 2.47. The number of carbonyl (C=O) groups is 1. The maximum absolute atomic E-state index is 12.6. The van der Waals surface area contributed by atoms with Crippen LogP contribution in [-0.2, 0) is 14.3 Å². The summed E-state index contributed by atoms with van der Waals surface area (Å²) < 4.78 is 10.6. The molecule has 0 saturated carbocycles. The van der Waals surface area contributed by atoms with E-state index in [9.17, 15) is 15.0 Å². The Labute approximate surface area is 105 Å². The first-order valence-electron chi connectivity index (χ1n) is 5.85. The van der Waals surface area contributed by atoms with E-state index in [1.165, 1.54) is 6.92 Å². The molecule has 0 aromatic carbocycles. The topological polar surface area (TPSA) is 111 Å². The van der Waals surface area contributed by atoms with Crippen molar-refractivity contribution in [2.24, 2.45) is 0 Å². The van der Waals surface area contributed by atoms with Gasteiger partial charge < -0.3 is 30.1 Å². The van der Waals surface area contributed by atoms with Crippen LogP contribution in [0, 0.1) is 0 Å². The maximum Gasteiger partial charge on any atom is 0.217 e. The Bertz CT molecular complexity index is 359. The zero-order valence-corrected chi connectivity index (χ0v) is 10.5. The van der Waals surface area contributed by atoms with Crippen LogP contribution in [-0.4, -0.2) is 58.5 Å². The first-order valence-corrected chi connectivity index (χ1v) is 5.85. The third kappa shape index (κ3) is 1.74. The summed E-state index contributed by atoms with van der Waals surface area (Å²) in [5.74, 6) is -2.26. The van der Waals surface area contributed by atoms with Crippen molar-refractivity contribution < 1.29 is 29.6 Å². The van der Waals surface area contributed by atoms with Crippen molar-refractivity contribution in [1.82, 2.24) is 5.32 Å². The molecule has 2 saturated heterocycles. The van der Waals surface area contributed by atoms with Crippen LogP contribution in [0.5, 0.6) is 0 Å². The number of ether oxygens (including phenoxy) is 2. The Morgan fingerprint density at radius 1 is 1.44 bits per heavy atom.